The quantitative estimate of drug-likeness (QED) is 0.355. The smallest absolute Gasteiger partial charge is 0.235 e. The summed E-state index contributed by atoms with van der Waals surface area (Å²) in [5.74, 6) is 0. The number of halogens is 1. The van der Waals surface area contributed by atoms with E-state index in [9.17, 15) is 0 Å². The molecule has 4 nitrogen and oxygen atoms in total. The number of aromatic amines is 1. The van der Waals surface area contributed by atoms with Gasteiger partial charge in [0.05, 0.1) is 6.04 Å². The topological polar surface area (TPSA) is 34.9 Å². The Bertz CT molecular complexity index is 1260. The summed E-state index contributed by atoms with van der Waals surface area (Å²) in [6.07, 6.45) is 2.09. The van der Waals surface area contributed by atoms with E-state index in [4.69, 9.17) is 11.6 Å². The molecule has 3 aromatic carbocycles. The largest absolute Gasteiger partial charge is 0.365 e. The van der Waals surface area contributed by atoms with Gasteiger partial charge in [-0.15, -0.1) is 0 Å². The Morgan fingerprint density at radius 3 is 2.28 bits per heavy atom. The van der Waals surface area contributed by atoms with Crippen molar-refractivity contribution >= 4 is 28.7 Å². The van der Waals surface area contributed by atoms with Gasteiger partial charge in [0.25, 0.3) is 0 Å². The van der Waals surface area contributed by atoms with E-state index in [2.05, 4.69) is 121 Å². The summed E-state index contributed by atoms with van der Waals surface area (Å²) >= 11 is 6.31. The van der Waals surface area contributed by atoms with Gasteiger partial charge in [0.15, 0.2) is 0 Å². The molecule has 32 heavy (non-hydrogen) atoms. The maximum absolute atomic E-state index is 6.31. The molecule has 2 N–H and O–H groups in total. The molecule has 0 amide bonds. The molecule has 0 radical (unpaired) electrons. The number of likely N-dealkylation sites (N-methyl/N-ethyl adjacent to an activating group) is 1. The van der Waals surface area contributed by atoms with Crippen LogP contribution in [0.5, 0.6) is 0 Å². The first-order valence-corrected chi connectivity index (χ1v) is 11.3. The van der Waals surface area contributed by atoms with Crippen molar-refractivity contribution in [3.05, 3.63) is 101 Å². The second kappa shape index (κ2) is 7.72. The Morgan fingerprint density at radius 1 is 0.938 bits per heavy atom. The van der Waals surface area contributed by atoms with E-state index in [1.807, 2.05) is 6.07 Å². The lowest BCUT2D eigenvalue weighted by Gasteiger charge is -2.30. The molecule has 0 spiro atoms. The fourth-order valence-corrected chi connectivity index (χ4v) is 5.05. The first-order chi connectivity index (χ1) is 15.3. The Kier molecular flexibility index (Phi) is 4.98. The number of nitrogens with one attached hydrogen (secondary N) is 2. The zero-order valence-electron chi connectivity index (χ0n) is 18.9. The van der Waals surface area contributed by atoms with E-state index >= 15 is 0 Å². The molecule has 1 aliphatic rings. The van der Waals surface area contributed by atoms with E-state index < -0.39 is 0 Å². The van der Waals surface area contributed by atoms with Crippen LogP contribution in [0.4, 0.5) is 17.1 Å². The molecule has 0 saturated heterocycles. The lowest BCUT2D eigenvalue weighted by Crippen LogP contribution is -2.35. The van der Waals surface area contributed by atoms with E-state index in [1.54, 1.807) is 0 Å². The summed E-state index contributed by atoms with van der Waals surface area (Å²) in [6.45, 7) is 6.67. The summed E-state index contributed by atoms with van der Waals surface area (Å²) in [7, 11) is 2.16. The summed E-state index contributed by atoms with van der Waals surface area (Å²) in [6, 6.07) is 25.4. The Balaban J connectivity index is 1.38. The minimum atomic E-state index is -0.0700. The number of fused-ring (bicyclic) bond motifs is 1. The van der Waals surface area contributed by atoms with E-state index in [-0.39, 0.29) is 11.5 Å². The molecule has 5 rings (SSSR count). The lowest BCUT2D eigenvalue weighted by atomic mass is 9.79. The second-order valence-electron chi connectivity index (χ2n) is 9.19. The van der Waals surface area contributed by atoms with Crippen molar-refractivity contribution in [3.8, 4) is 5.69 Å². The zero-order chi connectivity index (χ0) is 22.5. The molecule has 4 aromatic rings. The van der Waals surface area contributed by atoms with Gasteiger partial charge < -0.3 is 10.2 Å². The standard InChI is InChI=1S/C27H27ClN4/c1-18-5-8-20(9-6-18)29-21-10-12-22(13-11-21)32-16-15-24(30-32)26-27(2,3)23-17-19(28)7-14-25(23)31(26)4/h5-17,26,29H,1-4H3/p+1. The van der Waals surface area contributed by atoms with Gasteiger partial charge in [0.2, 0.25) is 11.9 Å². The van der Waals surface area contributed by atoms with E-state index in [0.717, 1.165) is 22.1 Å². The number of anilines is 3. The SMILES string of the molecule is Cc1ccc(Nc2ccc(-[n+]3ccc(C4N(C)c5ccc(Cl)cc5C4(C)C)[nH]3)cc2)cc1. The number of H-pyrrole nitrogens is 1. The molecule has 2 heterocycles. The van der Waals surface area contributed by atoms with Crippen molar-refractivity contribution < 1.29 is 4.68 Å². The predicted molar refractivity (Wildman–Crippen MR) is 132 cm³/mol. The van der Waals surface area contributed by atoms with Crippen LogP contribution in [0, 0.1) is 6.92 Å². The van der Waals surface area contributed by atoms with Crippen LogP contribution in [0.2, 0.25) is 5.02 Å². The number of nitrogens with zero attached hydrogens (tertiary/aromatic N) is 2. The van der Waals surface area contributed by atoms with Crippen LogP contribution >= 0.6 is 11.6 Å². The number of hydrogen-bond donors (Lipinski definition) is 2. The van der Waals surface area contributed by atoms with Crippen LogP contribution < -0.4 is 14.9 Å². The Morgan fingerprint density at radius 2 is 1.59 bits per heavy atom. The van der Waals surface area contributed by atoms with Crippen molar-refractivity contribution in [2.75, 3.05) is 17.3 Å². The summed E-state index contributed by atoms with van der Waals surface area (Å²) < 4.78 is 2.07. The monoisotopic (exact) mass is 443 g/mol. The third-order valence-corrected chi connectivity index (χ3v) is 6.77. The number of hydrogen-bond acceptors (Lipinski definition) is 2. The summed E-state index contributed by atoms with van der Waals surface area (Å²) in [5.41, 5.74) is 8.11. The number of aryl methyl sites for hydroxylation is 1. The summed E-state index contributed by atoms with van der Waals surface area (Å²) in [5, 5.41) is 7.84. The lowest BCUT2D eigenvalue weighted by molar-refractivity contribution is -0.656. The van der Waals surface area contributed by atoms with Gasteiger partial charge in [-0.05, 0) is 55.0 Å². The molecule has 5 heteroatoms. The van der Waals surface area contributed by atoms with Gasteiger partial charge in [-0.3, -0.25) is 0 Å². The highest BCUT2D eigenvalue weighted by Crippen LogP contribution is 2.51. The molecule has 1 atom stereocenters. The highest BCUT2D eigenvalue weighted by Gasteiger charge is 2.45. The van der Waals surface area contributed by atoms with E-state index in [0.29, 0.717) is 0 Å². The second-order valence-corrected chi connectivity index (χ2v) is 9.62. The minimum absolute atomic E-state index is 0.0700. The fraction of sp³-hybridized carbons (Fsp3) is 0.222. The van der Waals surface area contributed by atoms with Gasteiger partial charge in [0.1, 0.15) is 5.69 Å². The molecule has 1 unspecified atom stereocenters. The maximum Gasteiger partial charge on any atom is 0.235 e. The molecular formula is C27H28ClN4+. The molecule has 0 fully saturated rings. The third kappa shape index (κ3) is 3.55. The van der Waals surface area contributed by atoms with Crippen LogP contribution in [0.25, 0.3) is 5.69 Å². The average Bonchev–Trinajstić information content (AvgIpc) is 3.31. The zero-order valence-corrected chi connectivity index (χ0v) is 19.6. The van der Waals surface area contributed by atoms with Crippen molar-refractivity contribution in [2.45, 2.75) is 32.2 Å². The molecule has 0 bridgehead atoms. The predicted octanol–water partition coefficient (Wildman–Crippen LogP) is 6.47. The Labute approximate surface area is 194 Å². The first-order valence-electron chi connectivity index (χ1n) is 10.9. The van der Waals surface area contributed by atoms with Crippen LogP contribution in [-0.4, -0.2) is 12.1 Å². The molecule has 1 aromatic heterocycles. The Hall–Kier alpha value is -3.24. The summed E-state index contributed by atoms with van der Waals surface area (Å²) in [4.78, 5) is 2.34. The van der Waals surface area contributed by atoms with E-state index in [1.165, 1.54) is 22.5 Å². The molecule has 0 saturated carbocycles. The van der Waals surface area contributed by atoms with Crippen molar-refractivity contribution in [2.24, 2.45) is 0 Å². The van der Waals surface area contributed by atoms with Gasteiger partial charge >= 0.3 is 0 Å². The van der Waals surface area contributed by atoms with Crippen molar-refractivity contribution in [1.29, 1.82) is 0 Å². The van der Waals surface area contributed by atoms with Crippen molar-refractivity contribution in [1.82, 2.24) is 5.10 Å². The normalized spacial score (nSPS) is 16.8. The van der Waals surface area contributed by atoms with Crippen molar-refractivity contribution in [3.63, 3.8) is 0 Å². The van der Waals surface area contributed by atoms with Crippen LogP contribution in [-0.2, 0) is 5.41 Å². The van der Waals surface area contributed by atoms with Gasteiger partial charge in [-0.2, -0.15) is 5.10 Å². The minimum Gasteiger partial charge on any atom is -0.365 e. The highest BCUT2D eigenvalue weighted by molar-refractivity contribution is 6.30. The number of aromatic nitrogens is 2. The molecule has 0 aliphatic carbocycles. The average molecular weight is 444 g/mol. The fourth-order valence-electron chi connectivity index (χ4n) is 4.88. The highest BCUT2D eigenvalue weighted by atomic mass is 35.5. The number of rotatable bonds is 4. The number of benzene rings is 3. The third-order valence-electron chi connectivity index (χ3n) is 6.54. The van der Waals surface area contributed by atoms with Gasteiger partial charge in [-0.1, -0.05) is 47.8 Å². The molecule has 162 valence electrons. The van der Waals surface area contributed by atoms with Gasteiger partial charge in [0, 0.05) is 52.7 Å². The molecule has 1 aliphatic heterocycles. The van der Waals surface area contributed by atoms with Gasteiger partial charge in [-0.25, -0.2) is 0 Å². The van der Waals surface area contributed by atoms with Crippen LogP contribution in [0.15, 0.2) is 79.0 Å². The van der Waals surface area contributed by atoms with Crippen LogP contribution in [0.1, 0.15) is 36.7 Å². The first kappa shape index (κ1) is 20.7. The maximum atomic E-state index is 6.31. The molecular weight excluding hydrogens is 416 g/mol. The van der Waals surface area contributed by atoms with Crippen LogP contribution in [0.3, 0.4) is 0 Å².